The van der Waals surface area contributed by atoms with Gasteiger partial charge in [-0.05, 0) is 63.1 Å². The standard InChI is InChI=1S/C25H33ClN6O3/c1-19-23(32(34)35)8-9-24(27-19)28-21-10-13-31(14-11-21)25(33)3-2-12-29-15-17-30(18-16-29)22-6-4-20(26)5-7-22/h4-9,21H,2-3,10-18H2,1H3,(H,27,28). The number of aromatic nitrogens is 1. The fraction of sp³-hybridized carbons (Fsp3) is 0.520. The SMILES string of the molecule is Cc1nc(NC2CCN(C(=O)CCCN3CCN(c4ccc(Cl)cc4)CC3)CC2)ccc1[N+](=O)[O-]. The van der Waals surface area contributed by atoms with E-state index in [1.54, 1.807) is 13.0 Å². The van der Waals surface area contributed by atoms with Crippen LogP contribution in [0.25, 0.3) is 0 Å². The predicted molar refractivity (Wildman–Crippen MR) is 138 cm³/mol. The summed E-state index contributed by atoms with van der Waals surface area (Å²) in [6.07, 6.45) is 3.15. The zero-order chi connectivity index (χ0) is 24.8. The lowest BCUT2D eigenvalue weighted by Gasteiger charge is -2.36. The molecule has 2 aromatic rings. The molecule has 3 heterocycles. The van der Waals surface area contributed by atoms with Crippen LogP contribution < -0.4 is 10.2 Å². The molecule has 10 heteroatoms. The van der Waals surface area contributed by atoms with Crippen LogP contribution in [-0.4, -0.2) is 77.5 Å². The molecule has 2 fully saturated rings. The number of rotatable bonds is 8. The molecule has 1 aromatic carbocycles. The van der Waals surface area contributed by atoms with Crippen LogP contribution in [-0.2, 0) is 4.79 Å². The van der Waals surface area contributed by atoms with Crippen molar-refractivity contribution in [2.45, 2.75) is 38.6 Å². The van der Waals surface area contributed by atoms with Gasteiger partial charge in [-0.15, -0.1) is 0 Å². The molecule has 0 unspecified atom stereocenters. The van der Waals surface area contributed by atoms with Crippen LogP contribution in [0.15, 0.2) is 36.4 Å². The molecule has 0 radical (unpaired) electrons. The van der Waals surface area contributed by atoms with Crippen molar-refractivity contribution in [3.63, 3.8) is 0 Å². The summed E-state index contributed by atoms with van der Waals surface area (Å²) in [7, 11) is 0. The molecule has 4 rings (SSSR count). The normalized spacial score (nSPS) is 17.4. The van der Waals surface area contributed by atoms with Crippen LogP contribution in [0.5, 0.6) is 0 Å². The first-order valence-corrected chi connectivity index (χ1v) is 12.7. The highest BCUT2D eigenvalue weighted by Crippen LogP contribution is 2.22. The number of hydrogen-bond donors (Lipinski definition) is 1. The van der Waals surface area contributed by atoms with Gasteiger partial charge in [-0.25, -0.2) is 4.98 Å². The van der Waals surface area contributed by atoms with Crippen LogP contribution in [0, 0.1) is 17.0 Å². The summed E-state index contributed by atoms with van der Waals surface area (Å²) in [6.45, 7) is 8.02. The van der Waals surface area contributed by atoms with Crippen LogP contribution in [0.3, 0.4) is 0 Å². The van der Waals surface area contributed by atoms with Gasteiger partial charge < -0.3 is 15.1 Å². The Morgan fingerprint density at radius 2 is 1.77 bits per heavy atom. The zero-order valence-electron chi connectivity index (χ0n) is 20.2. The van der Waals surface area contributed by atoms with Gasteiger partial charge in [-0.1, -0.05) is 11.6 Å². The molecule has 2 saturated heterocycles. The van der Waals surface area contributed by atoms with Crippen molar-refractivity contribution in [1.82, 2.24) is 14.8 Å². The molecule has 1 amide bonds. The first-order chi connectivity index (χ1) is 16.9. The summed E-state index contributed by atoms with van der Waals surface area (Å²) in [4.78, 5) is 34.3. The summed E-state index contributed by atoms with van der Waals surface area (Å²) < 4.78 is 0. The van der Waals surface area contributed by atoms with Crippen LogP contribution in [0.2, 0.25) is 5.02 Å². The molecule has 188 valence electrons. The monoisotopic (exact) mass is 500 g/mol. The molecule has 9 nitrogen and oxygen atoms in total. The maximum Gasteiger partial charge on any atom is 0.290 e. The van der Waals surface area contributed by atoms with E-state index in [1.807, 2.05) is 17.0 Å². The van der Waals surface area contributed by atoms with E-state index < -0.39 is 4.92 Å². The van der Waals surface area contributed by atoms with Gasteiger partial charge in [0.05, 0.1) is 4.92 Å². The van der Waals surface area contributed by atoms with Crippen LogP contribution >= 0.6 is 11.6 Å². The molecule has 1 N–H and O–H groups in total. The van der Waals surface area contributed by atoms with E-state index in [1.165, 1.54) is 11.8 Å². The minimum atomic E-state index is -0.419. The molecule has 0 bridgehead atoms. The molecule has 0 atom stereocenters. The van der Waals surface area contributed by atoms with E-state index in [0.717, 1.165) is 70.1 Å². The molecule has 0 spiro atoms. The number of carbonyl (C=O) groups excluding carboxylic acids is 1. The van der Waals surface area contributed by atoms with Gasteiger partial charge in [0, 0.05) is 68.5 Å². The second-order valence-electron chi connectivity index (χ2n) is 9.27. The molecule has 1 aromatic heterocycles. The largest absolute Gasteiger partial charge is 0.369 e. The number of aryl methyl sites for hydroxylation is 1. The molecular formula is C25H33ClN6O3. The topological polar surface area (TPSA) is 94.9 Å². The summed E-state index contributed by atoms with van der Waals surface area (Å²) in [5.41, 5.74) is 1.64. The minimum Gasteiger partial charge on any atom is -0.369 e. The molecule has 35 heavy (non-hydrogen) atoms. The number of benzene rings is 1. The first-order valence-electron chi connectivity index (χ1n) is 12.3. The smallest absolute Gasteiger partial charge is 0.290 e. The number of carbonyl (C=O) groups is 1. The lowest BCUT2D eigenvalue weighted by Crippen LogP contribution is -2.47. The molecule has 2 aliphatic rings. The number of nitrogens with one attached hydrogen (secondary N) is 1. The number of piperidine rings is 1. The Hall–Kier alpha value is -2.91. The minimum absolute atomic E-state index is 0.0272. The van der Waals surface area contributed by atoms with Gasteiger partial charge in [0.25, 0.3) is 5.69 Å². The van der Waals surface area contributed by atoms with Crippen molar-refractivity contribution in [3.8, 4) is 0 Å². The molecule has 2 aliphatic heterocycles. The van der Waals surface area contributed by atoms with E-state index in [4.69, 9.17) is 11.6 Å². The Balaban J connectivity index is 1.13. The molecular weight excluding hydrogens is 468 g/mol. The average molecular weight is 501 g/mol. The first kappa shape index (κ1) is 25.2. The number of pyridine rings is 1. The number of halogens is 1. The Morgan fingerprint density at radius 3 is 2.40 bits per heavy atom. The van der Waals surface area contributed by atoms with Gasteiger partial charge in [-0.3, -0.25) is 19.8 Å². The van der Waals surface area contributed by atoms with Gasteiger partial charge >= 0.3 is 0 Å². The number of piperazine rings is 1. The quantitative estimate of drug-likeness (QED) is 0.433. The van der Waals surface area contributed by atoms with E-state index in [9.17, 15) is 14.9 Å². The number of hydrogen-bond acceptors (Lipinski definition) is 7. The van der Waals surface area contributed by atoms with Gasteiger partial charge in [0.1, 0.15) is 11.5 Å². The predicted octanol–water partition coefficient (Wildman–Crippen LogP) is 3.96. The lowest BCUT2D eigenvalue weighted by molar-refractivity contribution is -0.385. The average Bonchev–Trinajstić information content (AvgIpc) is 2.85. The summed E-state index contributed by atoms with van der Waals surface area (Å²) in [5.74, 6) is 0.876. The van der Waals surface area contributed by atoms with E-state index in [2.05, 4.69) is 32.2 Å². The second kappa shape index (κ2) is 11.7. The number of anilines is 2. The fourth-order valence-electron chi connectivity index (χ4n) is 4.80. The van der Waals surface area contributed by atoms with E-state index in [0.29, 0.717) is 17.9 Å². The number of nitrogens with zero attached hydrogens (tertiary/aromatic N) is 5. The van der Waals surface area contributed by atoms with Crippen molar-refractivity contribution in [2.24, 2.45) is 0 Å². The Morgan fingerprint density at radius 1 is 1.09 bits per heavy atom. The van der Waals surface area contributed by atoms with E-state index >= 15 is 0 Å². The number of nitro groups is 1. The third kappa shape index (κ3) is 6.82. The van der Waals surface area contributed by atoms with Crippen molar-refractivity contribution in [1.29, 1.82) is 0 Å². The zero-order valence-corrected chi connectivity index (χ0v) is 20.9. The fourth-order valence-corrected chi connectivity index (χ4v) is 4.93. The molecule has 0 aliphatic carbocycles. The molecule has 0 saturated carbocycles. The summed E-state index contributed by atoms with van der Waals surface area (Å²) >= 11 is 5.99. The van der Waals surface area contributed by atoms with Gasteiger partial charge in [0.2, 0.25) is 5.91 Å². The maximum atomic E-state index is 12.7. The third-order valence-corrected chi connectivity index (χ3v) is 7.14. The maximum absolute atomic E-state index is 12.7. The van der Waals surface area contributed by atoms with Crippen molar-refractivity contribution >= 4 is 34.7 Å². The highest BCUT2D eigenvalue weighted by Gasteiger charge is 2.24. The Bertz CT molecular complexity index is 1020. The number of amides is 1. The summed E-state index contributed by atoms with van der Waals surface area (Å²) in [6, 6.07) is 11.4. The van der Waals surface area contributed by atoms with Crippen molar-refractivity contribution in [2.75, 3.05) is 56.0 Å². The van der Waals surface area contributed by atoms with Crippen molar-refractivity contribution in [3.05, 3.63) is 57.2 Å². The lowest BCUT2D eigenvalue weighted by atomic mass is 10.0. The van der Waals surface area contributed by atoms with Crippen LogP contribution in [0.4, 0.5) is 17.2 Å². The Labute approximate surface area is 211 Å². The highest BCUT2D eigenvalue weighted by atomic mass is 35.5. The Kier molecular flexibility index (Phi) is 8.41. The summed E-state index contributed by atoms with van der Waals surface area (Å²) in [5, 5.41) is 15.1. The van der Waals surface area contributed by atoms with Gasteiger partial charge in [0.15, 0.2) is 0 Å². The van der Waals surface area contributed by atoms with E-state index in [-0.39, 0.29) is 17.6 Å². The van der Waals surface area contributed by atoms with Gasteiger partial charge in [-0.2, -0.15) is 0 Å². The van der Waals surface area contributed by atoms with Crippen LogP contribution in [0.1, 0.15) is 31.4 Å². The van der Waals surface area contributed by atoms with Crippen molar-refractivity contribution < 1.29 is 9.72 Å². The highest BCUT2D eigenvalue weighted by molar-refractivity contribution is 6.30. The third-order valence-electron chi connectivity index (χ3n) is 6.88. The number of likely N-dealkylation sites (tertiary alicyclic amines) is 1. The second-order valence-corrected chi connectivity index (χ2v) is 9.70.